The van der Waals surface area contributed by atoms with E-state index in [-0.39, 0.29) is 18.2 Å². The van der Waals surface area contributed by atoms with Gasteiger partial charge in [-0.05, 0) is 50.5 Å². The average molecular weight is 574 g/mol. The molecule has 0 bridgehead atoms. The first-order chi connectivity index (χ1) is 20.0. The van der Waals surface area contributed by atoms with Gasteiger partial charge in [-0.2, -0.15) is 0 Å². The van der Waals surface area contributed by atoms with Gasteiger partial charge in [-0.15, -0.1) is 11.3 Å². The molecule has 0 unspecified atom stereocenters. The summed E-state index contributed by atoms with van der Waals surface area (Å²) in [5.74, 6) is 1.08. The predicted octanol–water partition coefficient (Wildman–Crippen LogP) is 5.43. The normalized spacial score (nSPS) is 14.9. The number of aromatic nitrogens is 3. The van der Waals surface area contributed by atoms with E-state index in [4.69, 9.17) is 18.6 Å². The Kier molecular flexibility index (Phi) is 7.61. The highest BCUT2D eigenvalue weighted by Crippen LogP contribution is 2.37. The molecule has 4 heterocycles. The first kappa shape index (κ1) is 27.2. The maximum absolute atomic E-state index is 14.3. The minimum Gasteiger partial charge on any atom is -0.496 e. The summed E-state index contributed by atoms with van der Waals surface area (Å²) >= 11 is 1.32. The smallest absolute Gasteiger partial charge is 0.336 e. The zero-order chi connectivity index (χ0) is 28.5. The number of thiophene rings is 1. The van der Waals surface area contributed by atoms with Crippen LogP contribution in [0.15, 0.2) is 75.0 Å². The molecule has 2 aromatic carbocycles. The second-order valence-corrected chi connectivity index (χ2v) is 11.1. The monoisotopic (exact) mass is 573 g/mol. The van der Waals surface area contributed by atoms with Gasteiger partial charge >= 0.3 is 5.69 Å². The summed E-state index contributed by atoms with van der Waals surface area (Å²) in [4.78, 5) is 33.9. The molecule has 10 heteroatoms. The zero-order valence-corrected chi connectivity index (χ0v) is 24.0. The Labute approximate surface area is 240 Å². The zero-order valence-electron chi connectivity index (χ0n) is 23.2. The molecule has 0 saturated carbocycles. The molecule has 0 radical (unpaired) electrons. The first-order valence-electron chi connectivity index (χ1n) is 13.6. The summed E-state index contributed by atoms with van der Waals surface area (Å²) in [6, 6.07) is 15.0. The fourth-order valence-electron chi connectivity index (χ4n) is 5.33. The average Bonchev–Trinajstić information content (AvgIpc) is 3.64. The fraction of sp³-hybridized carbons (Fsp3) is 0.323. The van der Waals surface area contributed by atoms with Crippen molar-refractivity contribution >= 4 is 21.6 Å². The number of rotatable bonds is 8. The number of hydrogen-bond acceptors (Lipinski definition) is 8. The third-order valence-corrected chi connectivity index (χ3v) is 8.79. The molecule has 0 spiro atoms. The summed E-state index contributed by atoms with van der Waals surface area (Å²) in [7, 11) is 1.62. The quantitative estimate of drug-likeness (QED) is 0.244. The second kappa shape index (κ2) is 11.5. The van der Waals surface area contributed by atoms with Crippen LogP contribution >= 0.6 is 11.3 Å². The maximum Gasteiger partial charge on any atom is 0.336 e. The van der Waals surface area contributed by atoms with Crippen molar-refractivity contribution in [1.82, 2.24) is 14.1 Å². The Morgan fingerprint density at radius 2 is 1.83 bits per heavy atom. The van der Waals surface area contributed by atoms with Crippen molar-refractivity contribution in [2.24, 2.45) is 0 Å². The Morgan fingerprint density at radius 1 is 1.07 bits per heavy atom. The number of oxazole rings is 1. The van der Waals surface area contributed by atoms with Crippen molar-refractivity contribution in [3.63, 3.8) is 0 Å². The lowest BCUT2D eigenvalue weighted by atomic mass is 10.1. The highest BCUT2D eigenvalue weighted by molar-refractivity contribution is 7.22. The van der Waals surface area contributed by atoms with Crippen molar-refractivity contribution in [2.45, 2.75) is 45.4 Å². The molecule has 41 heavy (non-hydrogen) atoms. The molecule has 0 aliphatic carbocycles. The second-order valence-electron chi connectivity index (χ2n) is 10.1. The molecule has 5 aromatic rings. The van der Waals surface area contributed by atoms with E-state index in [0.717, 1.165) is 24.0 Å². The van der Waals surface area contributed by atoms with Gasteiger partial charge in [0.2, 0.25) is 5.89 Å². The van der Waals surface area contributed by atoms with E-state index in [1.807, 2.05) is 50.2 Å². The molecule has 1 atom stereocenters. The molecule has 1 aliphatic heterocycles. The summed E-state index contributed by atoms with van der Waals surface area (Å²) in [5.41, 5.74) is 2.26. The Hall–Kier alpha value is -3.99. The standard InChI is InChI=1S/C31H31N3O6S/c1-19-8-10-21(11-9-19)34-29(35)26-20(2)27(28-32-14-17-39-28)41-30(26)33(31(34)36)18-25(40-22-12-15-38-16-13-22)23-6-4-5-7-24(23)37-3/h4-11,14,17,22,25H,12-13,15-16,18H2,1-3H3/t25-/m0/s1. The lowest BCUT2D eigenvalue weighted by molar-refractivity contribution is -0.0752. The van der Waals surface area contributed by atoms with Gasteiger partial charge in [0.05, 0.1) is 41.9 Å². The van der Waals surface area contributed by atoms with Crippen LogP contribution in [-0.4, -0.2) is 40.5 Å². The van der Waals surface area contributed by atoms with Crippen LogP contribution in [0, 0.1) is 13.8 Å². The van der Waals surface area contributed by atoms with Crippen LogP contribution < -0.4 is 16.0 Å². The fourth-order valence-corrected chi connectivity index (χ4v) is 6.57. The van der Waals surface area contributed by atoms with Gasteiger partial charge in [-0.25, -0.2) is 14.3 Å². The van der Waals surface area contributed by atoms with E-state index in [9.17, 15) is 9.59 Å². The van der Waals surface area contributed by atoms with Gasteiger partial charge in [-0.1, -0.05) is 35.9 Å². The van der Waals surface area contributed by atoms with Gasteiger partial charge in [0, 0.05) is 18.8 Å². The van der Waals surface area contributed by atoms with Crippen molar-refractivity contribution in [2.75, 3.05) is 20.3 Å². The van der Waals surface area contributed by atoms with Crippen LogP contribution in [0.1, 0.15) is 35.6 Å². The van der Waals surface area contributed by atoms with Gasteiger partial charge in [0.15, 0.2) is 0 Å². The van der Waals surface area contributed by atoms with E-state index in [2.05, 4.69) is 4.98 Å². The van der Waals surface area contributed by atoms with E-state index in [1.165, 1.54) is 22.2 Å². The minimum absolute atomic E-state index is 0.0409. The van der Waals surface area contributed by atoms with E-state index in [0.29, 0.717) is 51.2 Å². The number of nitrogens with zero attached hydrogens (tertiary/aromatic N) is 3. The van der Waals surface area contributed by atoms with E-state index >= 15 is 0 Å². The number of aryl methyl sites for hydroxylation is 2. The van der Waals surface area contributed by atoms with Gasteiger partial charge in [-0.3, -0.25) is 9.36 Å². The molecule has 9 nitrogen and oxygen atoms in total. The Morgan fingerprint density at radius 3 is 2.54 bits per heavy atom. The molecule has 1 fully saturated rings. The van der Waals surface area contributed by atoms with E-state index in [1.54, 1.807) is 30.0 Å². The molecule has 3 aromatic heterocycles. The van der Waals surface area contributed by atoms with Crippen molar-refractivity contribution < 1.29 is 18.6 Å². The summed E-state index contributed by atoms with van der Waals surface area (Å²) in [6.45, 7) is 5.24. The lowest BCUT2D eigenvalue weighted by Gasteiger charge is -2.29. The molecule has 212 valence electrons. The molecule has 1 aliphatic rings. The molecule has 6 rings (SSSR count). The minimum atomic E-state index is -0.522. The van der Waals surface area contributed by atoms with Crippen molar-refractivity contribution in [1.29, 1.82) is 0 Å². The van der Waals surface area contributed by atoms with Gasteiger partial charge in [0.25, 0.3) is 5.56 Å². The van der Waals surface area contributed by atoms with Crippen LogP contribution in [-0.2, 0) is 16.0 Å². The van der Waals surface area contributed by atoms with Crippen LogP contribution in [0.4, 0.5) is 0 Å². The molecule has 0 amide bonds. The Bertz CT molecular complexity index is 1780. The van der Waals surface area contributed by atoms with Gasteiger partial charge < -0.3 is 18.6 Å². The largest absolute Gasteiger partial charge is 0.496 e. The van der Waals surface area contributed by atoms with Crippen molar-refractivity contribution in [3.8, 4) is 22.2 Å². The number of fused-ring (bicyclic) bond motifs is 1. The number of benzene rings is 2. The number of methoxy groups -OCH3 is 1. The van der Waals surface area contributed by atoms with E-state index < -0.39 is 11.8 Å². The van der Waals surface area contributed by atoms with Crippen molar-refractivity contribution in [3.05, 3.63) is 98.5 Å². The van der Waals surface area contributed by atoms with Gasteiger partial charge in [0.1, 0.15) is 22.9 Å². The number of para-hydroxylation sites is 1. The highest BCUT2D eigenvalue weighted by atomic mass is 32.1. The third kappa shape index (κ3) is 5.14. The topological polar surface area (TPSA) is 97.7 Å². The maximum atomic E-state index is 14.3. The third-order valence-electron chi connectivity index (χ3n) is 7.49. The molecular formula is C31H31N3O6S. The SMILES string of the molecule is COc1ccccc1[C@H](Cn1c(=O)n(-c2ccc(C)cc2)c(=O)c2c(C)c(-c3ncco3)sc21)OC1CCOCC1. The lowest BCUT2D eigenvalue weighted by Crippen LogP contribution is -2.40. The predicted molar refractivity (Wildman–Crippen MR) is 157 cm³/mol. The summed E-state index contributed by atoms with van der Waals surface area (Å²) < 4.78 is 26.4. The van der Waals surface area contributed by atoms with Crippen LogP contribution in [0.2, 0.25) is 0 Å². The van der Waals surface area contributed by atoms with Crippen LogP contribution in [0.25, 0.3) is 26.7 Å². The van der Waals surface area contributed by atoms with Crippen LogP contribution in [0.3, 0.4) is 0 Å². The van der Waals surface area contributed by atoms with Crippen LogP contribution in [0.5, 0.6) is 5.75 Å². The summed E-state index contributed by atoms with van der Waals surface area (Å²) in [5, 5.41) is 0.452. The molecule has 0 N–H and O–H groups in total. The number of hydrogen-bond donors (Lipinski definition) is 0. The number of ether oxygens (including phenoxy) is 3. The highest BCUT2D eigenvalue weighted by Gasteiger charge is 2.28. The molecule has 1 saturated heterocycles. The Balaban J connectivity index is 1.58. The molecular weight excluding hydrogens is 542 g/mol. The summed E-state index contributed by atoms with van der Waals surface area (Å²) in [6.07, 6.45) is 4.01. The first-order valence-corrected chi connectivity index (χ1v) is 14.4.